The number of hydrogen-bond donors (Lipinski definition) is 1. The summed E-state index contributed by atoms with van der Waals surface area (Å²) < 4.78 is 6.76. The van der Waals surface area contributed by atoms with Gasteiger partial charge in [0.05, 0.1) is 13.2 Å². The summed E-state index contributed by atoms with van der Waals surface area (Å²) in [5.74, 6) is 0.553. The molecule has 0 aliphatic rings. The van der Waals surface area contributed by atoms with Crippen molar-refractivity contribution in [2.24, 2.45) is 5.92 Å². The van der Waals surface area contributed by atoms with Crippen molar-refractivity contribution >= 4 is 15.9 Å². The number of nitrogens with one attached hydrogen (secondary N) is 1. The summed E-state index contributed by atoms with van der Waals surface area (Å²) in [5, 5.41) is 3.14. The summed E-state index contributed by atoms with van der Waals surface area (Å²) in [6, 6.07) is 8.15. The van der Waals surface area contributed by atoms with Gasteiger partial charge < -0.3 is 10.1 Å². The van der Waals surface area contributed by atoms with Crippen molar-refractivity contribution in [3.63, 3.8) is 0 Å². The molecule has 2 nitrogen and oxygen atoms in total. The summed E-state index contributed by atoms with van der Waals surface area (Å²) in [4.78, 5) is 0. The number of benzene rings is 1. The van der Waals surface area contributed by atoms with E-state index in [4.69, 9.17) is 4.74 Å². The number of hydrogen-bond acceptors (Lipinski definition) is 2. The normalized spacial score (nSPS) is 12.7. The van der Waals surface area contributed by atoms with Gasteiger partial charge in [0.2, 0.25) is 0 Å². The highest BCUT2D eigenvalue weighted by atomic mass is 79.9. The van der Waals surface area contributed by atoms with E-state index >= 15 is 0 Å². The molecule has 0 saturated heterocycles. The van der Waals surface area contributed by atoms with Crippen molar-refractivity contribution in [3.8, 4) is 0 Å². The highest BCUT2D eigenvalue weighted by molar-refractivity contribution is 9.10. The molecule has 0 aliphatic heterocycles. The Bertz CT molecular complexity index is 291. The quantitative estimate of drug-likeness (QED) is 0.859. The van der Waals surface area contributed by atoms with Crippen LogP contribution in [0.25, 0.3) is 0 Å². The van der Waals surface area contributed by atoms with E-state index < -0.39 is 0 Å². The third-order valence-electron chi connectivity index (χ3n) is 2.17. The van der Waals surface area contributed by atoms with Crippen LogP contribution in [0.4, 0.5) is 0 Å². The zero-order valence-electron chi connectivity index (χ0n) is 9.29. The first-order valence-electron chi connectivity index (χ1n) is 5.19. The van der Waals surface area contributed by atoms with E-state index in [9.17, 15) is 0 Å². The summed E-state index contributed by atoms with van der Waals surface area (Å²) in [6.07, 6.45) is 0. The molecule has 0 saturated carbocycles. The van der Waals surface area contributed by atoms with Crippen LogP contribution in [0.15, 0.2) is 28.7 Å². The standard InChI is InChI=1S/C12H18BrNO/c1-10(7-14-2)8-15-9-11-5-3-4-6-12(11)13/h3-6,10,14H,7-9H2,1-2H3. The minimum absolute atomic E-state index is 0.553. The second-order valence-electron chi connectivity index (χ2n) is 3.77. The Balaban J connectivity index is 2.29. The molecule has 0 fully saturated rings. The van der Waals surface area contributed by atoms with Crippen molar-refractivity contribution in [2.75, 3.05) is 20.2 Å². The fourth-order valence-electron chi connectivity index (χ4n) is 1.39. The third-order valence-corrected chi connectivity index (χ3v) is 2.94. The van der Waals surface area contributed by atoms with Gasteiger partial charge in [-0.1, -0.05) is 41.1 Å². The molecule has 1 rings (SSSR count). The van der Waals surface area contributed by atoms with Crippen molar-refractivity contribution < 1.29 is 4.74 Å². The fraction of sp³-hybridized carbons (Fsp3) is 0.500. The first-order valence-corrected chi connectivity index (χ1v) is 5.99. The van der Waals surface area contributed by atoms with Crippen LogP contribution >= 0.6 is 15.9 Å². The highest BCUT2D eigenvalue weighted by Gasteiger charge is 2.02. The number of halogens is 1. The van der Waals surface area contributed by atoms with Crippen molar-refractivity contribution in [3.05, 3.63) is 34.3 Å². The van der Waals surface area contributed by atoms with E-state index in [0.717, 1.165) is 17.6 Å². The Labute approximate surface area is 100 Å². The Morgan fingerprint density at radius 3 is 2.80 bits per heavy atom. The third kappa shape index (κ3) is 4.78. The van der Waals surface area contributed by atoms with Crippen molar-refractivity contribution in [2.45, 2.75) is 13.5 Å². The zero-order valence-corrected chi connectivity index (χ0v) is 10.9. The van der Waals surface area contributed by atoms with E-state index in [2.05, 4.69) is 34.2 Å². The van der Waals surface area contributed by atoms with Crippen LogP contribution in [-0.2, 0) is 11.3 Å². The predicted octanol–water partition coefficient (Wildman–Crippen LogP) is 2.82. The molecule has 15 heavy (non-hydrogen) atoms. The molecule has 1 N–H and O–H groups in total. The molecule has 3 heteroatoms. The van der Waals surface area contributed by atoms with Gasteiger partial charge in [-0.25, -0.2) is 0 Å². The molecule has 84 valence electrons. The van der Waals surface area contributed by atoms with Crippen molar-refractivity contribution in [1.29, 1.82) is 0 Å². The minimum atomic E-state index is 0.553. The molecule has 1 aromatic carbocycles. The maximum absolute atomic E-state index is 5.64. The molecule has 0 amide bonds. The lowest BCUT2D eigenvalue weighted by Gasteiger charge is -2.11. The van der Waals surface area contributed by atoms with Crippen LogP contribution < -0.4 is 5.32 Å². The fourth-order valence-corrected chi connectivity index (χ4v) is 1.79. The van der Waals surface area contributed by atoms with Crippen LogP contribution in [0, 0.1) is 5.92 Å². The van der Waals surface area contributed by atoms with Crippen LogP contribution in [-0.4, -0.2) is 20.2 Å². The van der Waals surface area contributed by atoms with Crippen LogP contribution in [0.2, 0.25) is 0 Å². The summed E-state index contributed by atoms with van der Waals surface area (Å²) in [5.41, 5.74) is 1.20. The Morgan fingerprint density at radius 2 is 2.13 bits per heavy atom. The second kappa shape index (κ2) is 6.99. The van der Waals surface area contributed by atoms with Gasteiger partial charge in [-0.15, -0.1) is 0 Å². The molecular weight excluding hydrogens is 254 g/mol. The van der Waals surface area contributed by atoms with Gasteiger partial charge in [0, 0.05) is 4.47 Å². The molecule has 0 heterocycles. The largest absolute Gasteiger partial charge is 0.376 e. The highest BCUT2D eigenvalue weighted by Crippen LogP contribution is 2.16. The number of ether oxygens (including phenoxy) is 1. The molecule has 0 bridgehead atoms. The van der Waals surface area contributed by atoms with Crippen LogP contribution in [0.1, 0.15) is 12.5 Å². The van der Waals surface area contributed by atoms with Crippen LogP contribution in [0.5, 0.6) is 0 Å². The first kappa shape index (κ1) is 12.7. The monoisotopic (exact) mass is 271 g/mol. The lowest BCUT2D eigenvalue weighted by Crippen LogP contribution is -2.20. The van der Waals surface area contributed by atoms with Crippen molar-refractivity contribution in [1.82, 2.24) is 5.32 Å². The molecule has 1 unspecified atom stereocenters. The molecule has 0 spiro atoms. The molecule has 0 aromatic heterocycles. The molecular formula is C12H18BrNO. The van der Waals surface area contributed by atoms with Gasteiger partial charge in [0.15, 0.2) is 0 Å². The summed E-state index contributed by atoms with van der Waals surface area (Å²) >= 11 is 3.50. The summed E-state index contributed by atoms with van der Waals surface area (Å²) in [6.45, 7) is 4.64. The van der Waals surface area contributed by atoms with Gasteiger partial charge in [-0.2, -0.15) is 0 Å². The SMILES string of the molecule is CNCC(C)COCc1ccccc1Br. The Kier molecular flexibility index (Phi) is 5.91. The second-order valence-corrected chi connectivity index (χ2v) is 4.62. The first-order chi connectivity index (χ1) is 7.24. The van der Waals surface area contributed by atoms with Gasteiger partial charge in [0.1, 0.15) is 0 Å². The van der Waals surface area contributed by atoms with E-state index in [0.29, 0.717) is 12.5 Å². The molecule has 0 aliphatic carbocycles. The maximum Gasteiger partial charge on any atom is 0.0727 e. The average molecular weight is 272 g/mol. The maximum atomic E-state index is 5.64. The van der Waals surface area contributed by atoms with E-state index in [1.807, 2.05) is 25.2 Å². The molecule has 1 atom stereocenters. The van der Waals surface area contributed by atoms with Gasteiger partial charge in [-0.05, 0) is 31.1 Å². The smallest absolute Gasteiger partial charge is 0.0727 e. The molecule has 0 radical (unpaired) electrons. The van der Waals surface area contributed by atoms with Crippen LogP contribution in [0.3, 0.4) is 0 Å². The average Bonchev–Trinajstić information content (AvgIpc) is 2.21. The van der Waals surface area contributed by atoms with Gasteiger partial charge in [-0.3, -0.25) is 0 Å². The number of rotatable bonds is 6. The Hall–Kier alpha value is -0.380. The predicted molar refractivity (Wildman–Crippen MR) is 66.9 cm³/mol. The molecule has 1 aromatic rings. The topological polar surface area (TPSA) is 21.3 Å². The lowest BCUT2D eigenvalue weighted by molar-refractivity contribution is 0.0921. The zero-order chi connectivity index (χ0) is 11.1. The van der Waals surface area contributed by atoms with E-state index in [-0.39, 0.29) is 0 Å². The minimum Gasteiger partial charge on any atom is -0.376 e. The van der Waals surface area contributed by atoms with Gasteiger partial charge in [0.25, 0.3) is 0 Å². The van der Waals surface area contributed by atoms with E-state index in [1.54, 1.807) is 0 Å². The summed E-state index contributed by atoms with van der Waals surface area (Å²) in [7, 11) is 1.96. The van der Waals surface area contributed by atoms with Gasteiger partial charge >= 0.3 is 0 Å². The Morgan fingerprint density at radius 1 is 1.40 bits per heavy atom. The lowest BCUT2D eigenvalue weighted by atomic mass is 10.2. The van der Waals surface area contributed by atoms with E-state index in [1.165, 1.54) is 5.56 Å².